The molecule has 1 aliphatic carbocycles. The van der Waals surface area contributed by atoms with Crippen LogP contribution < -0.4 is 0 Å². The number of H-pyrrole nitrogens is 1. The van der Waals surface area contributed by atoms with Gasteiger partial charge in [-0.25, -0.2) is 0 Å². The average molecular weight is 229 g/mol. The Bertz CT molecular complexity index is 503. The van der Waals surface area contributed by atoms with Gasteiger partial charge in [-0.1, -0.05) is 6.07 Å². The fourth-order valence-corrected chi connectivity index (χ4v) is 2.17. The molecule has 17 heavy (non-hydrogen) atoms. The minimum Gasteiger partial charge on any atom is -0.396 e. The van der Waals surface area contributed by atoms with Gasteiger partial charge in [0, 0.05) is 30.0 Å². The van der Waals surface area contributed by atoms with Crippen LogP contribution in [-0.4, -0.2) is 26.9 Å². The summed E-state index contributed by atoms with van der Waals surface area (Å²) in [5, 5.41) is 16.7. The fraction of sp³-hybridized carbons (Fsp3) is 0.385. The van der Waals surface area contributed by atoms with Crippen LogP contribution in [0.3, 0.4) is 0 Å². The summed E-state index contributed by atoms with van der Waals surface area (Å²) in [5.41, 5.74) is 4.09. The fourth-order valence-electron chi connectivity index (χ4n) is 2.17. The lowest BCUT2D eigenvalue weighted by atomic mass is 10.0. The summed E-state index contributed by atoms with van der Waals surface area (Å²) in [6.45, 7) is 0.152. The molecule has 88 valence electrons. The molecule has 4 nitrogen and oxygen atoms in total. The second-order valence-electron chi connectivity index (χ2n) is 4.43. The van der Waals surface area contributed by atoms with Crippen molar-refractivity contribution in [3.63, 3.8) is 0 Å². The zero-order valence-corrected chi connectivity index (χ0v) is 9.56. The van der Waals surface area contributed by atoms with Crippen LogP contribution in [-0.2, 0) is 6.42 Å². The van der Waals surface area contributed by atoms with E-state index in [1.807, 2.05) is 18.2 Å². The van der Waals surface area contributed by atoms with Crippen LogP contribution in [0.25, 0.3) is 11.4 Å². The summed E-state index contributed by atoms with van der Waals surface area (Å²) in [4.78, 5) is 4.32. The number of aliphatic hydroxyl groups is 1. The van der Waals surface area contributed by atoms with Crippen molar-refractivity contribution in [3.8, 4) is 11.4 Å². The predicted molar refractivity (Wildman–Crippen MR) is 64.6 cm³/mol. The lowest BCUT2D eigenvalue weighted by Crippen LogP contribution is -1.96. The Balaban J connectivity index is 2.04. The van der Waals surface area contributed by atoms with Crippen molar-refractivity contribution in [1.82, 2.24) is 15.2 Å². The summed E-state index contributed by atoms with van der Waals surface area (Å²) in [5.74, 6) is 0.613. The molecule has 4 heteroatoms. The standard InChI is InChI=1S/C13H15N3O/c17-8-6-10-12(9-4-5-9)15-16-13(10)11-3-1-2-7-14-11/h1-3,7,9,17H,4-6,8H2,(H,15,16). The number of nitrogens with zero attached hydrogens (tertiary/aromatic N) is 2. The molecule has 1 aliphatic rings. The molecule has 2 heterocycles. The van der Waals surface area contributed by atoms with Gasteiger partial charge in [0.25, 0.3) is 0 Å². The van der Waals surface area contributed by atoms with Gasteiger partial charge >= 0.3 is 0 Å². The van der Waals surface area contributed by atoms with Gasteiger partial charge in [-0.2, -0.15) is 5.10 Å². The highest BCUT2D eigenvalue weighted by Crippen LogP contribution is 2.42. The Morgan fingerprint density at radius 1 is 1.35 bits per heavy atom. The van der Waals surface area contributed by atoms with E-state index < -0.39 is 0 Å². The number of hydrogen-bond acceptors (Lipinski definition) is 3. The van der Waals surface area contributed by atoms with Crippen molar-refractivity contribution >= 4 is 0 Å². The molecule has 0 saturated heterocycles. The largest absolute Gasteiger partial charge is 0.396 e. The first kappa shape index (κ1) is 10.5. The minimum atomic E-state index is 0.152. The second kappa shape index (κ2) is 4.30. The van der Waals surface area contributed by atoms with Gasteiger partial charge in [-0.15, -0.1) is 0 Å². The summed E-state index contributed by atoms with van der Waals surface area (Å²) in [7, 11) is 0. The molecule has 0 atom stereocenters. The van der Waals surface area contributed by atoms with Crippen LogP contribution in [0.2, 0.25) is 0 Å². The first-order valence-electron chi connectivity index (χ1n) is 5.99. The molecule has 0 aliphatic heterocycles. The van der Waals surface area contributed by atoms with Crippen LogP contribution in [0.15, 0.2) is 24.4 Å². The monoisotopic (exact) mass is 229 g/mol. The quantitative estimate of drug-likeness (QED) is 0.841. The van der Waals surface area contributed by atoms with Crippen molar-refractivity contribution < 1.29 is 5.11 Å². The Kier molecular flexibility index (Phi) is 2.65. The molecule has 2 aromatic heterocycles. The zero-order chi connectivity index (χ0) is 11.7. The number of aromatic nitrogens is 3. The van der Waals surface area contributed by atoms with E-state index in [1.165, 1.54) is 18.5 Å². The van der Waals surface area contributed by atoms with Crippen LogP contribution in [0.4, 0.5) is 0 Å². The molecular weight excluding hydrogens is 214 g/mol. The first-order valence-corrected chi connectivity index (χ1v) is 5.99. The lowest BCUT2D eigenvalue weighted by molar-refractivity contribution is 0.299. The maximum absolute atomic E-state index is 9.17. The highest BCUT2D eigenvalue weighted by Gasteiger charge is 2.29. The minimum absolute atomic E-state index is 0.152. The maximum atomic E-state index is 9.17. The number of rotatable bonds is 4. The van der Waals surface area contributed by atoms with Crippen LogP contribution in [0.1, 0.15) is 30.0 Å². The van der Waals surface area contributed by atoms with Crippen LogP contribution in [0, 0.1) is 0 Å². The zero-order valence-electron chi connectivity index (χ0n) is 9.56. The molecule has 0 spiro atoms. The third-order valence-electron chi connectivity index (χ3n) is 3.15. The third kappa shape index (κ3) is 1.96. The van der Waals surface area contributed by atoms with Crippen LogP contribution >= 0.6 is 0 Å². The predicted octanol–water partition coefficient (Wildman–Crippen LogP) is 1.88. The smallest absolute Gasteiger partial charge is 0.114 e. The van der Waals surface area contributed by atoms with E-state index in [1.54, 1.807) is 6.20 Å². The van der Waals surface area contributed by atoms with Crippen molar-refractivity contribution in [2.45, 2.75) is 25.2 Å². The number of aromatic amines is 1. The molecule has 1 saturated carbocycles. The van der Waals surface area contributed by atoms with Crippen molar-refractivity contribution in [2.24, 2.45) is 0 Å². The van der Waals surface area contributed by atoms with Gasteiger partial charge in [0.05, 0.1) is 5.69 Å². The molecule has 0 radical (unpaired) electrons. The topological polar surface area (TPSA) is 61.8 Å². The number of aliphatic hydroxyl groups excluding tert-OH is 1. The average Bonchev–Trinajstić information content (AvgIpc) is 3.13. The number of nitrogens with one attached hydrogen (secondary N) is 1. The third-order valence-corrected chi connectivity index (χ3v) is 3.15. The lowest BCUT2D eigenvalue weighted by Gasteiger charge is -2.02. The van der Waals surface area contributed by atoms with E-state index in [-0.39, 0.29) is 6.61 Å². The van der Waals surface area contributed by atoms with Crippen molar-refractivity contribution in [2.75, 3.05) is 6.61 Å². The van der Waals surface area contributed by atoms with Crippen molar-refractivity contribution in [1.29, 1.82) is 0 Å². The summed E-state index contributed by atoms with van der Waals surface area (Å²) >= 11 is 0. The van der Waals surface area contributed by atoms with Gasteiger partial charge in [-0.3, -0.25) is 10.1 Å². The molecule has 2 N–H and O–H groups in total. The molecule has 0 bridgehead atoms. The van der Waals surface area contributed by atoms with Gasteiger partial charge in [0.15, 0.2) is 0 Å². The molecule has 0 amide bonds. The normalized spacial score (nSPS) is 15.1. The van der Waals surface area contributed by atoms with E-state index in [0.717, 1.165) is 17.0 Å². The van der Waals surface area contributed by atoms with E-state index in [2.05, 4.69) is 15.2 Å². The molecule has 2 aromatic rings. The van der Waals surface area contributed by atoms with Crippen molar-refractivity contribution in [3.05, 3.63) is 35.7 Å². The van der Waals surface area contributed by atoms with E-state index >= 15 is 0 Å². The van der Waals surface area contributed by atoms with Gasteiger partial charge in [-0.05, 0) is 31.4 Å². The van der Waals surface area contributed by atoms with E-state index in [4.69, 9.17) is 0 Å². The SMILES string of the molecule is OCCc1c(-c2ccccn2)n[nH]c1C1CC1. The van der Waals surface area contributed by atoms with Gasteiger partial charge < -0.3 is 5.11 Å². The Morgan fingerprint density at radius 3 is 2.88 bits per heavy atom. The Morgan fingerprint density at radius 2 is 2.24 bits per heavy atom. The molecule has 0 unspecified atom stereocenters. The second-order valence-corrected chi connectivity index (χ2v) is 4.43. The molecule has 3 rings (SSSR count). The highest BCUT2D eigenvalue weighted by atomic mass is 16.2. The maximum Gasteiger partial charge on any atom is 0.114 e. The number of hydrogen-bond donors (Lipinski definition) is 2. The first-order chi connectivity index (χ1) is 8.40. The Labute approximate surface area is 99.7 Å². The van der Waals surface area contributed by atoms with Gasteiger partial charge in [0.1, 0.15) is 5.69 Å². The summed E-state index contributed by atoms with van der Waals surface area (Å²) in [6.07, 6.45) is 4.86. The molecule has 0 aromatic carbocycles. The Hall–Kier alpha value is -1.68. The molecule has 1 fully saturated rings. The highest BCUT2D eigenvalue weighted by molar-refractivity contribution is 5.60. The molecular formula is C13H15N3O. The van der Waals surface area contributed by atoms with Crippen LogP contribution in [0.5, 0.6) is 0 Å². The van der Waals surface area contributed by atoms with Gasteiger partial charge in [0.2, 0.25) is 0 Å². The summed E-state index contributed by atoms with van der Waals surface area (Å²) in [6, 6.07) is 5.80. The van der Waals surface area contributed by atoms with E-state index in [0.29, 0.717) is 12.3 Å². The summed E-state index contributed by atoms with van der Waals surface area (Å²) < 4.78 is 0. The van der Waals surface area contributed by atoms with E-state index in [9.17, 15) is 5.11 Å². The number of pyridine rings is 1.